The van der Waals surface area contributed by atoms with E-state index in [0.29, 0.717) is 0 Å². The van der Waals surface area contributed by atoms with Crippen LogP contribution in [0.4, 0.5) is 5.69 Å². The molecule has 1 aliphatic heterocycles. The highest BCUT2D eigenvalue weighted by atomic mass is 16.3. The number of carbonyl (C=O) groups is 1. The van der Waals surface area contributed by atoms with Crippen LogP contribution in [-0.2, 0) is 11.2 Å². The molecular weight excluding hydrogens is 286 g/mol. The van der Waals surface area contributed by atoms with Gasteiger partial charge in [0.05, 0.1) is 11.6 Å². The summed E-state index contributed by atoms with van der Waals surface area (Å²) in [5.74, 6) is -0.0756. The molecule has 3 rings (SSSR count). The van der Waals surface area contributed by atoms with Gasteiger partial charge in [0.25, 0.3) is 0 Å². The highest BCUT2D eigenvalue weighted by molar-refractivity contribution is 6.04. The third-order valence-electron chi connectivity index (χ3n) is 4.79. The molecule has 0 bridgehead atoms. The van der Waals surface area contributed by atoms with Crippen molar-refractivity contribution in [2.45, 2.75) is 45.6 Å². The fourth-order valence-electron chi connectivity index (χ4n) is 3.41. The predicted molar refractivity (Wildman–Crippen MR) is 92.7 cm³/mol. The van der Waals surface area contributed by atoms with Gasteiger partial charge in [-0.2, -0.15) is 0 Å². The lowest BCUT2D eigenvalue weighted by Crippen LogP contribution is -2.11. The van der Waals surface area contributed by atoms with E-state index in [1.807, 2.05) is 44.2 Å². The molecule has 0 saturated carbocycles. The second-order valence-electron chi connectivity index (χ2n) is 6.21. The van der Waals surface area contributed by atoms with Crippen LogP contribution in [-0.4, -0.2) is 11.0 Å². The second kappa shape index (κ2) is 6.17. The van der Waals surface area contributed by atoms with Gasteiger partial charge in [-0.05, 0) is 42.0 Å². The molecule has 0 spiro atoms. The first kappa shape index (κ1) is 15.8. The van der Waals surface area contributed by atoms with Crippen LogP contribution in [0.2, 0.25) is 0 Å². The Balaban J connectivity index is 2.15. The SMILES string of the molecule is CCc1cc2c(c(C(O)c3ccccc3C)c1)NC(=O)C2CC. The minimum Gasteiger partial charge on any atom is -0.384 e. The first-order valence-corrected chi connectivity index (χ1v) is 8.28. The van der Waals surface area contributed by atoms with E-state index in [1.54, 1.807) is 0 Å². The average Bonchev–Trinajstić information content (AvgIpc) is 2.88. The average molecular weight is 309 g/mol. The van der Waals surface area contributed by atoms with Crippen molar-refractivity contribution in [3.63, 3.8) is 0 Å². The largest absolute Gasteiger partial charge is 0.384 e. The van der Waals surface area contributed by atoms with E-state index in [1.165, 1.54) is 0 Å². The van der Waals surface area contributed by atoms with Crippen molar-refractivity contribution < 1.29 is 9.90 Å². The van der Waals surface area contributed by atoms with Crippen molar-refractivity contribution in [2.75, 3.05) is 5.32 Å². The molecule has 0 aliphatic carbocycles. The molecule has 2 aromatic carbocycles. The third kappa shape index (κ3) is 2.66. The number of fused-ring (bicyclic) bond motifs is 1. The Bertz CT molecular complexity index is 751. The maximum absolute atomic E-state index is 12.2. The van der Waals surface area contributed by atoms with Gasteiger partial charge >= 0.3 is 0 Å². The van der Waals surface area contributed by atoms with Gasteiger partial charge in [-0.3, -0.25) is 4.79 Å². The van der Waals surface area contributed by atoms with E-state index >= 15 is 0 Å². The third-order valence-corrected chi connectivity index (χ3v) is 4.79. The summed E-state index contributed by atoms with van der Waals surface area (Å²) in [6, 6.07) is 12.0. The van der Waals surface area contributed by atoms with Crippen LogP contribution < -0.4 is 5.32 Å². The topological polar surface area (TPSA) is 49.3 Å². The Kier molecular flexibility index (Phi) is 4.22. The molecule has 23 heavy (non-hydrogen) atoms. The lowest BCUT2D eigenvalue weighted by molar-refractivity contribution is -0.117. The van der Waals surface area contributed by atoms with E-state index < -0.39 is 6.10 Å². The normalized spacial score (nSPS) is 17.7. The molecule has 0 radical (unpaired) electrons. The molecule has 2 aromatic rings. The van der Waals surface area contributed by atoms with E-state index in [0.717, 1.165) is 46.3 Å². The number of aryl methyl sites for hydroxylation is 2. The number of hydrogen-bond donors (Lipinski definition) is 2. The summed E-state index contributed by atoms with van der Waals surface area (Å²) in [6.07, 6.45) is 0.921. The Morgan fingerprint density at radius 1 is 1.17 bits per heavy atom. The summed E-state index contributed by atoms with van der Waals surface area (Å²) in [5.41, 5.74) is 5.72. The number of aliphatic hydroxyl groups is 1. The second-order valence-corrected chi connectivity index (χ2v) is 6.21. The summed E-state index contributed by atoms with van der Waals surface area (Å²) in [7, 11) is 0. The van der Waals surface area contributed by atoms with Gasteiger partial charge in [-0.15, -0.1) is 0 Å². The fraction of sp³-hybridized carbons (Fsp3) is 0.350. The lowest BCUT2D eigenvalue weighted by atomic mass is 9.89. The molecular formula is C20H23NO2. The number of nitrogens with one attached hydrogen (secondary N) is 1. The van der Waals surface area contributed by atoms with Crippen LogP contribution in [0.25, 0.3) is 0 Å². The van der Waals surface area contributed by atoms with Gasteiger partial charge < -0.3 is 10.4 Å². The first-order valence-electron chi connectivity index (χ1n) is 8.28. The van der Waals surface area contributed by atoms with Crippen LogP contribution in [0.5, 0.6) is 0 Å². The lowest BCUT2D eigenvalue weighted by Gasteiger charge is -2.19. The minimum absolute atomic E-state index is 0.0361. The van der Waals surface area contributed by atoms with Crippen LogP contribution in [0.15, 0.2) is 36.4 Å². The molecule has 3 heteroatoms. The minimum atomic E-state index is -0.729. The highest BCUT2D eigenvalue weighted by Crippen LogP contribution is 2.42. The number of carbonyl (C=O) groups excluding carboxylic acids is 1. The number of hydrogen-bond acceptors (Lipinski definition) is 2. The highest BCUT2D eigenvalue weighted by Gasteiger charge is 2.33. The van der Waals surface area contributed by atoms with Crippen LogP contribution in [0.1, 0.15) is 60.1 Å². The zero-order valence-electron chi connectivity index (χ0n) is 13.9. The Labute approximate surface area is 137 Å². The summed E-state index contributed by atoms with van der Waals surface area (Å²) >= 11 is 0. The molecule has 120 valence electrons. The first-order chi connectivity index (χ1) is 11.1. The molecule has 2 atom stereocenters. The van der Waals surface area contributed by atoms with Gasteiger partial charge in [-0.1, -0.05) is 50.2 Å². The van der Waals surface area contributed by atoms with E-state index in [4.69, 9.17) is 0 Å². The summed E-state index contributed by atoms with van der Waals surface area (Å²) < 4.78 is 0. The number of anilines is 1. The molecule has 1 aliphatic rings. The number of rotatable bonds is 4. The molecule has 0 saturated heterocycles. The Morgan fingerprint density at radius 3 is 2.57 bits per heavy atom. The molecule has 0 aromatic heterocycles. The van der Waals surface area contributed by atoms with Crippen molar-refractivity contribution in [2.24, 2.45) is 0 Å². The van der Waals surface area contributed by atoms with Crippen LogP contribution >= 0.6 is 0 Å². The van der Waals surface area contributed by atoms with Gasteiger partial charge in [0.1, 0.15) is 6.10 Å². The molecule has 0 fully saturated rings. The number of aliphatic hydroxyl groups excluding tert-OH is 1. The predicted octanol–water partition coefficient (Wildman–Crippen LogP) is 4.08. The number of amides is 1. The maximum atomic E-state index is 12.2. The molecule has 1 heterocycles. The van der Waals surface area contributed by atoms with E-state index in [2.05, 4.69) is 18.3 Å². The number of benzene rings is 2. The Hall–Kier alpha value is -2.13. The van der Waals surface area contributed by atoms with Crippen LogP contribution in [0, 0.1) is 6.92 Å². The van der Waals surface area contributed by atoms with Gasteiger partial charge in [0, 0.05) is 5.56 Å². The van der Waals surface area contributed by atoms with Crippen molar-refractivity contribution >= 4 is 11.6 Å². The van der Waals surface area contributed by atoms with Crippen molar-refractivity contribution in [1.29, 1.82) is 0 Å². The molecule has 2 N–H and O–H groups in total. The quantitative estimate of drug-likeness (QED) is 0.894. The Morgan fingerprint density at radius 2 is 1.91 bits per heavy atom. The summed E-state index contributed by atoms with van der Waals surface area (Å²) in [5, 5.41) is 13.9. The molecule has 2 unspecified atom stereocenters. The van der Waals surface area contributed by atoms with Gasteiger partial charge in [0.15, 0.2) is 0 Å². The van der Waals surface area contributed by atoms with Gasteiger partial charge in [-0.25, -0.2) is 0 Å². The monoisotopic (exact) mass is 309 g/mol. The van der Waals surface area contributed by atoms with E-state index in [-0.39, 0.29) is 11.8 Å². The maximum Gasteiger partial charge on any atom is 0.232 e. The molecule has 1 amide bonds. The zero-order valence-corrected chi connectivity index (χ0v) is 13.9. The van der Waals surface area contributed by atoms with Crippen molar-refractivity contribution in [1.82, 2.24) is 0 Å². The van der Waals surface area contributed by atoms with Crippen LogP contribution in [0.3, 0.4) is 0 Å². The standard InChI is InChI=1S/C20H23NO2/c1-4-13-10-16-14(5-2)20(23)21-18(16)17(11-13)19(22)15-9-7-6-8-12(15)3/h6-11,14,19,22H,4-5H2,1-3H3,(H,21,23). The van der Waals surface area contributed by atoms with Gasteiger partial charge in [0.2, 0.25) is 5.91 Å². The van der Waals surface area contributed by atoms with E-state index in [9.17, 15) is 9.90 Å². The smallest absolute Gasteiger partial charge is 0.232 e. The van der Waals surface area contributed by atoms with Crippen molar-refractivity contribution in [3.8, 4) is 0 Å². The fourth-order valence-corrected chi connectivity index (χ4v) is 3.41. The summed E-state index contributed by atoms with van der Waals surface area (Å²) in [6.45, 7) is 6.11. The summed E-state index contributed by atoms with van der Waals surface area (Å²) in [4.78, 5) is 12.2. The molecule has 3 nitrogen and oxygen atoms in total. The zero-order chi connectivity index (χ0) is 16.6. The van der Waals surface area contributed by atoms with Crippen molar-refractivity contribution in [3.05, 3.63) is 64.2 Å².